The molecule has 0 fully saturated rings. The van der Waals surface area contributed by atoms with Crippen LogP contribution < -0.4 is 10.0 Å². The minimum absolute atomic E-state index is 0.214. The van der Waals surface area contributed by atoms with E-state index in [4.69, 9.17) is 0 Å². The van der Waals surface area contributed by atoms with Crippen molar-refractivity contribution in [3.63, 3.8) is 0 Å². The predicted octanol–water partition coefficient (Wildman–Crippen LogP) is 3.03. The summed E-state index contributed by atoms with van der Waals surface area (Å²) >= 11 is 0. The Morgan fingerprint density at radius 1 is 0.903 bits per heavy atom. The Bertz CT molecular complexity index is 1250. The molecular weight excluding hydrogens is 412 g/mol. The lowest BCUT2D eigenvalue weighted by molar-refractivity contribution is 0.583. The predicted molar refractivity (Wildman–Crippen MR) is 119 cm³/mol. The molecule has 0 aliphatic rings. The molecule has 0 radical (unpaired) electrons. The minimum Gasteiger partial charge on any atom is -0.369 e. The second-order valence-corrected chi connectivity index (χ2v) is 8.59. The van der Waals surface area contributed by atoms with E-state index in [-0.39, 0.29) is 11.4 Å². The number of aromatic nitrogens is 4. The lowest BCUT2D eigenvalue weighted by Gasteiger charge is -2.10. The zero-order valence-corrected chi connectivity index (χ0v) is 17.7. The first kappa shape index (κ1) is 20.7. The highest BCUT2D eigenvalue weighted by Crippen LogP contribution is 2.20. The molecule has 0 atom stereocenters. The zero-order valence-electron chi connectivity index (χ0n) is 16.9. The van der Waals surface area contributed by atoms with Gasteiger partial charge in [0.1, 0.15) is 23.8 Å². The van der Waals surface area contributed by atoms with Crippen molar-refractivity contribution in [2.75, 3.05) is 18.4 Å². The van der Waals surface area contributed by atoms with Gasteiger partial charge in [-0.25, -0.2) is 28.1 Å². The average Bonchev–Trinajstić information content (AvgIpc) is 3.23. The van der Waals surface area contributed by atoms with Gasteiger partial charge in [-0.3, -0.25) is 4.57 Å². The van der Waals surface area contributed by atoms with Crippen LogP contribution in [0.15, 0.2) is 84.3 Å². The lowest BCUT2D eigenvalue weighted by atomic mass is 10.1. The van der Waals surface area contributed by atoms with Crippen molar-refractivity contribution >= 4 is 15.8 Å². The third kappa shape index (κ3) is 4.96. The highest BCUT2D eigenvalue weighted by atomic mass is 32.2. The molecular formula is C22H22N6O2S. The van der Waals surface area contributed by atoms with Gasteiger partial charge < -0.3 is 5.32 Å². The molecule has 0 aliphatic heterocycles. The van der Waals surface area contributed by atoms with Crippen LogP contribution in [0.25, 0.3) is 16.9 Å². The van der Waals surface area contributed by atoms with Crippen molar-refractivity contribution in [1.82, 2.24) is 24.2 Å². The van der Waals surface area contributed by atoms with Crippen LogP contribution in [0.4, 0.5) is 5.82 Å². The van der Waals surface area contributed by atoms with E-state index in [2.05, 4.69) is 25.0 Å². The molecule has 0 spiro atoms. The van der Waals surface area contributed by atoms with Crippen LogP contribution in [0.5, 0.6) is 0 Å². The number of nitrogens with one attached hydrogen (secondary N) is 2. The second-order valence-electron chi connectivity index (χ2n) is 6.82. The third-order valence-electron chi connectivity index (χ3n) is 4.72. The molecule has 0 saturated carbocycles. The van der Waals surface area contributed by atoms with Crippen molar-refractivity contribution < 1.29 is 8.42 Å². The van der Waals surface area contributed by atoms with Crippen LogP contribution in [-0.2, 0) is 10.0 Å². The fourth-order valence-electron chi connectivity index (χ4n) is 3.11. The summed E-state index contributed by atoms with van der Waals surface area (Å²) in [6.45, 7) is 2.48. The van der Waals surface area contributed by atoms with Gasteiger partial charge in [0.25, 0.3) is 0 Å². The molecule has 31 heavy (non-hydrogen) atoms. The molecule has 2 aromatic carbocycles. The van der Waals surface area contributed by atoms with Crippen molar-refractivity contribution in [1.29, 1.82) is 0 Å². The number of rotatable bonds is 8. The first-order valence-electron chi connectivity index (χ1n) is 9.74. The molecule has 8 nitrogen and oxygen atoms in total. The first-order valence-corrected chi connectivity index (χ1v) is 11.2. The van der Waals surface area contributed by atoms with Crippen LogP contribution in [0, 0.1) is 6.92 Å². The summed E-state index contributed by atoms with van der Waals surface area (Å²) in [5.74, 6) is 2.10. The van der Waals surface area contributed by atoms with Crippen LogP contribution in [-0.4, -0.2) is 41.0 Å². The van der Waals surface area contributed by atoms with Crippen molar-refractivity contribution in [2.45, 2.75) is 11.8 Å². The number of nitrogens with zero attached hydrogens (tertiary/aromatic N) is 4. The average molecular weight is 435 g/mol. The Labute approximate surface area is 181 Å². The molecule has 0 bridgehead atoms. The normalized spacial score (nSPS) is 11.4. The highest BCUT2D eigenvalue weighted by Gasteiger charge is 2.13. The SMILES string of the molecule is Cc1nccn1-c1cc(NCCNS(=O)(=O)c2ccc(-c3ccccc3)cc2)ncn1. The van der Waals surface area contributed by atoms with Crippen LogP contribution >= 0.6 is 0 Å². The molecule has 2 aromatic heterocycles. The fourth-order valence-corrected chi connectivity index (χ4v) is 4.14. The Kier molecular flexibility index (Phi) is 6.06. The number of benzene rings is 2. The summed E-state index contributed by atoms with van der Waals surface area (Å²) in [7, 11) is -3.60. The number of hydrogen-bond acceptors (Lipinski definition) is 6. The maximum Gasteiger partial charge on any atom is 0.240 e. The van der Waals surface area contributed by atoms with Crippen molar-refractivity contribution in [3.8, 4) is 16.9 Å². The summed E-state index contributed by atoms with van der Waals surface area (Å²) in [6, 6.07) is 18.4. The molecule has 0 saturated heterocycles. The molecule has 0 amide bonds. The first-order chi connectivity index (χ1) is 15.0. The van der Waals surface area contributed by atoms with Gasteiger partial charge in [-0.1, -0.05) is 42.5 Å². The van der Waals surface area contributed by atoms with E-state index in [1.165, 1.54) is 6.33 Å². The van der Waals surface area contributed by atoms with Gasteiger partial charge in [0, 0.05) is 31.5 Å². The Hall–Kier alpha value is -3.56. The summed E-state index contributed by atoms with van der Waals surface area (Å²) in [6.07, 6.45) is 4.97. The Morgan fingerprint density at radius 2 is 1.65 bits per heavy atom. The topological polar surface area (TPSA) is 102 Å². The van der Waals surface area contributed by atoms with E-state index in [1.54, 1.807) is 24.4 Å². The van der Waals surface area contributed by atoms with E-state index >= 15 is 0 Å². The molecule has 9 heteroatoms. The fraction of sp³-hybridized carbons (Fsp3) is 0.136. The van der Waals surface area contributed by atoms with Gasteiger partial charge in [-0.05, 0) is 30.2 Å². The molecule has 2 N–H and O–H groups in total. The minimum atomic E-state index is -3.60. The molecule has 0 unspecified atom stereocenters. The lowest BCUT2D eigenvalue weighted by Crippen LogP contribution is -2.29. The number of imidazole rings is 1. The summed E-state index contributed by atoms with van der Waals surface area (Å²) in [4.78, 5) is 12.8. The maximum atomic E-state index is 12.6. The van der Waals surface area contributed by atoms with Gasteiger partial charge in [0.15, 0.2) is 0 Å². The van der Waals surface area contributed by atoms with Crippen LogP contribution in [0.1, 0.15) is 5.82 Å². The van der Waals surface area contributed by atoms with E-state index < -0.39 is 10.0 Å². The molecule has 2 heterocycles. The smallest absolute Gasteiger partial charge is 0.240 e. The van der Waals surface area contributed by atoms with E-state index in [0.29, 0.717) is 18.2 Å². The van der Waals surface area contributed by atoms with Crippen molar-refractivity contribution in [3.05, 3.63) is 85.2 Å². The maximum absolute atomic E-state index is 12.6. The quantitative estimate of drug-likeness (QED) is 0.413. The van der Waals surface area contributed by atoms with Gasteiger partial charge in [-0.15, -0.1) is 0 Å². The highest BCUT2D eigenvalue weighted by molar-refractivity contribution is 7.89. The Morgan fingerprint density at radius 3 is 2.35 bits per heavy atom. The van der Waals surface area contributed by atoms with Gasteiger partial charge in [0.2, 0.25) is 10.0 Å². The van der Waals surface area contributed by atoms with Crippen LogP contribution in [0.3, 0.4) is 0 Å². The molecule has 4 aromatic rings. The van der Waals surface area contributed by atoms with E-state index in [1.807, 2.05) is 60.2 Å². The molecule has 4 rings (SSSR count). The monoisotopic (exact) mass is 434 g/mol. The van der Waals surface area contributed by atoms with Gasteiger partial charge in [0.05, 0.1) is 4.90 Å². The molecule has 158 valence electrons. The largest absolute Gasteiger partial charge is 0.369 e. The zero-order chi connectivity index (χ0) is 21.7. The summed E-state index contributed by atoms with van der Waals surface area (Å²) < 4.78 is 29.6. The second kappa shape index (κ2) is 9.07. The number of aryl methyl sites for hydroxylation is 1. The van der Waals surface area contributed by atoms with Crippen LogP contribution in [0.2, 0.25) is 0 Å². The van der Waals surface area contributed by atoms with Gasteiger partial charge in [-0.2, -0.15) is 0 Å². The van der Waals surface area contributed by atoms with Gasteiger partial charge >= 0.3 is 0 Å². The van der Waals surface area contributed by atoms with E-state index in [0.717, 1.165) is 17.0 Å². The standard InChI is InChI=1S/C22H22N6O2S/c1-17-23-13-14-28(17)22-15-21(25-16-26-22)24-11-12-27-31(29,30)20-9-7-19(8-10-20)18-5-3-2-4-6-18/h2-10,13-16,27H,11-12H2,1H3,(H,24,25,26). The number of sulfonamides is 1. The van der Waals surface area contributed by atoms with E-state index in [9.17, 15) is 8.42 Å². The summed E-state index contributed by atoms with van der Waals surface area (Å²) in [5.41, 5.74) is 2.01. The number of hydrogen-bond donors (Lipinski definition) is 2. The Balaban J connectivity index is 1.34. The summed E-state index contributed by atoms with van der Waals surface area (Å²) in [5, 5.41) is 3.11. The third-order valence-corrected chi connectivity index (χ3v) is 6.20. The molecule has 0 aliphatic carbocycles. The number of anilines is 1. The van der Waals surface area contributed by atoms with Crippen molar-refractivity contribution in [2.24, 2.45) is 0 Å².